The van der Waals surface area contributed by atoms with Gasteiger partial charge in [0.05, 0.1) is 29.7 Å². The number of nitrogens with zero attached hydrogens (tertiary/aromatic N) is 4. The third kappa shape index (κ3) is 4.96. The Kier molecular flexibility index (Phi) is 6.70. The second-order valence-corrected chi connectivity index (χ2v) is 12.7. The first kappa shape index (κ1) is 25.5. The summed E-state index contributed by atoms with van der Waals surface area (Å²) in [6.07, 6.45) is 6.08. The van der Waals surface area contributed by atoms with E-state index in [0.29, 0.717) is 0 Å². The molecule has 198 valence electrons. The van der Waals surface area contributed by atoms with Crippen LogP contribution in [0.25, 0.3) is 22.4 Å². The van der Waals surface area contributed by atoms with Crippen molar-refractivity contribution in [2.75, 3.05) is 23.6 Å². The van der Waals surface area contributed by atoms with Gasteiger partial charge in [0.2, 0.25) is 0 Å². The fourth-order valence-corrected chi connectivity index (χ4v) is 7.11. The molecular formula is C32H24Br2N4OS. The summed E-state index contributed by atoms with van der Waals surface area (Å²) in [5.41, 5.74) is 9.42. The zero-order valence-electron chi connectivity index (χ0n) is 21.6. The van der Waals surface area contributed by atoms with Gasteiger partial charge in [0.1, 0.15) is 10.8 Å². The molecule has 0 spiro atoms. The van der Waals surface area contributed by atoms with E-state index in [1.165, 1.54) is 22.5 Å². The number of aliphatic imine (C=N–C) groups is 1. The highest BCUT2D eigenvalue weighted by molar-refractivity contribution is 9.10. The summed E-state index contributed by atoms with van der Waals surface area (Å²) in [6.45, 7) is 2.76. The molecule has 5 aromatic rings. The SMILES string of the molecule is COc1ccc(/C=C/c2nc3ccc(N=Cc4ccc5c(c4)CN4CN5Cc5cc(Br)ccc54)cc3s2)c(Br)c1. The second-order valence-electron chi connectivity index (χ2n) is 9.88. The van der Waals surface area contributed by atoms with Crippen molar-refractivity contribution >= 4 is 88.8 Å². The van der Waals surface area contributed by atoms with Crippen LogP contribution in [-0.4, -0.2) is 25.0 Å². The number of thiazole rings is 1. The second kappa shape index (κ2) is 10.5. The van der Waals surface area contributed by atoms with E-state index in [4.69, 9.17) is 14.7 Å². The van der Waals surface area contributed by atoms with Crippen LogP contribution in [0.2, 0.25) is 0 Å². The minimum Gasteiger partial charge on any atom is -0.497 e. The monoisotopic (exact) mass is 670 g/mol. The maximum atomic E-state index is 5.29. The summed E-state index contributed by atoms with van der Waals surface area (Å²) in [5, 5.41) is 0.956. The molecule has 0 aliphatic carbocycles. The van der Waals surface area contributed by atoms with E-state index in [1.54, 1.807) is 18.4 Å². The molecule has 0 atom stereocenters. The fourth-order valence-electron chi connectivity index (χ4n) is 5.31. The van der Waals surface area contributed by atoms with E-state index in [1.807, 2.05) is 42.6 Å². The fraction of sp³-hybridized carbons (Fsp3) is 0.125. The Balaban J connectivity index is 1.09. The van der Waals surface area contributed by atoms with Crippen LogP contribution in [0.4, 0.5) is 17.1 Å². The molecule has 3 heterocycles. The number of hydrogen-bond donors (Lipinski definition) is 0. The lowest BCUT2D eigenvalue weighted by molar-refractivity contribution is 0.414. The molecule has 7 rings (SSSR count). The van der Waals surface area contributed by atoms with E-state index in [9.17, 15) is 0 Å². The van der Waals surface area contributed by atoms with Crippen LogP contribution in [-0.2, 0) is 13.1 Å². The Hall–Kier alpha value is -3.46. The maximum Gasteiger partial charge on any atom is 0.120 e. The third-order valence-corrected chi connectivity index (χ3v) is 9.42. The van der Waals surface area contributed by atoms with Crippen molar-refractivity contribution in [3.63, 3.8) is 0 Å². The van der Waals surface area contributed by atoms with Crippen LogP contribution in [0.5, 0.6) is 5.75 Å². The molecule has 0 amide bonds. The van der Waals surface area contributed by atoms with Crippen molar-refractivity contribution in [1.29, 1.82) is 0 Å². The van der Waals surface area contributed by atoms with Gasteiger partial charge in [0.25, 0.3) is 0 Å². The standard InChI is InChI=1S/C32H24Br2N4OS/c1-39-26-7-3-21(27(34)15-26)4-11-32-36-28-8-6-25(14-31(28)40-32)35-16-20-2-9-29-22(12-20)17-37-19-38(29)18-23-13-24(33)5-10-30(23)37/h2-16H,17-19H2,1H3/b11-4+,35-16?. The summed E-state index contributed by atoms with van der Waals surface area (Å²) < 4.78 is 8.52. The highest BCUT2D eigenvalue weighted by Gasteiger charge is 2.29. The number of methoxy groups -OCH3 is 1. The molecule has 0 radical (unpaired) electrons. The molecule has 0 fully saturated rings. The zero-order chi connectivity index (χ0) is 27.2. The minimum atomic E-state index is 0.824. The molecule has 5 nitrogen and oxygen atoms in total. The highest BCUT2D eigenvalue weighted by Crippen LogP contribution is 2.39. The van der Waals surface area contributed by atoms with Gasteiger partial charge in [-0.3, -0.25) is 4.99 Å². The Morgan fingerprint density at radius 1 is 0.875 bits per heavy atom. The van der Waals surface area contributed by atoms with Crippen molar-refractivity contribution in [1.82, 2.24) is 4.98 Å². The molecule has 4 aromatic carbocycles. The molecule has 2 bridgehead atoms. The summed E-state index contributed by atoms with van der Waals surface area (Å²) >= 11 is 8.90. The summed E-state index contributed by atoms with van der Waals surface area (Å²) in [4.78, 5) is 14.5. The van der Waals surface area contributed by atoms with Crippen LogP contribution in [0.1, 0.15) is 27.3 Å². The predicted octanol–water partition coefficient (Wildman–Crippen LogP) is 9.05. The van der Waals surface area contributed by atoms with Gasteiger partial charge in [-0.1, -0.05) is 50.1 Å². The van der Waals surface area contributed by atoms with Crippen LogP contribution in [0, 0.1) is 0 Å². The smallest absolute Gasteiger partial charge is 0.120 e. The van der Waals surface area contributed by atoms with E-state index >= 15 is 0 Å². The molecule has 0 saturated carbocycles. The molecule has 1 aromatic heterocycles. The van der Waals surface area contributed by atoms with Gasteiger partial charge < -0.3 is 14.5 Å². The van der Waals surface area contributed by atoms with Crippen molar-refractivity contribution < 1.29 is 4.74 Å². The van der Waals surface area contributed by atoms with Crippen molar-refractivity contribution in [2.24, 2.45) is 4.99 Å². The average molecular weight is 672 g/mol. The van der Waals surface area contributed by atoms with Gasteiger partial charge >= 0.3 is 0 Å². The molecule has 40 heavy (non-hydrogen) atoms. The van der Waals surface area contributed by atoms with E-state index in [0.717, 1.165) is 66.5 Å². The number of aromatic nitrogens is 1. The highest BCUT2D eigenvalue weighted by atomic mass is 79.9. The molecule has 0 unspecified atom stereocenters. The maximum absolute atomic E-state index is 5.29. The van der Waals surface area contributed by atoms with Gasteiger partial charge in [0.15, 0.2) is 0 Å². The van der Waals surface area contributed by atoms with Crippen molar-refractivity contribution in [3.8, 4) is 5.75 Å². The lowest BCUT2D eigenvalue weighted by Gasteiger charge is -2.44. The first-order chi connectivity index (χ1) is 19.5. The minimum absolute atomic E-state index is 0.824. The first-order valence-corrected chi connectivity index (χ1v) is 15.3. The number of ether oxygens (including phenoxy) is 1. The number of anilines is 2. The van der Waals surface area contributed by atoms with E-state index in [2.05, 4.69) is 90.2 Å². The lowest BCUT2D eigenvalue weighted by Crippen LogP contribution is -2.46. The Labute approximate surface area is 253 Å². The van der Waals surface area contributed by atoms with Gasteiger partial charge in [-0.05, 0) is 89.0 Å². The van der Waals surface area contributed by atoms with Gasteiger partial charge in [-0.15, -0.1) is 11.3 Å². The van der Waals surface area contributed by atoms with Gasteiger partial charge in [-0.25, -0.2) is 4.98 Å². The molecular weight excluding hydrogens is 648 g/mol. The summed E-state index contributed by atoms with van der Waals surface area (Å²) in [7, 11) is 1.67. The van der Waals surface area contributed by atoms with Crippen molar-refractivity contribution in [3.05, 3.63) is 109 Å². The largest absolute Gasteiger partial charge is 0.497 e. The quantitative estimate of drug-likeness (QED) is 0.175. The summed E-state index contributed by atoms with van der Waals surface area (Å²) in [5.74, 6) is 0.824. The Morgan fingerprint density at radius 3 is 2.48 bits per heavy atom. The third-order valence-electron chi connectivity index (χ3n) is 7.25. The molecule has 0 N–H and O–H groups in total. The van der Waals surface area contributed by atoms with Crippen LogP contribution in [0.3, 0.4) is 0 Å². The lowest BCUT2D eigenvalue weighted by atomic mass is 10.0. The number of benzene rings is 4. The molecule has 0 saturated heterocycles. The number of hydrogen-bond acceptors (Lipinski definition) is 6. The van der Waals surface area contributed by atoms with Gasteiger partial charge in [-0.2, -0.15) is 0 Å². The zero-order valence-corrected chi connectivity index (χ0v) is 25.6. The molecule has 2 aliphatic rings. The van der Waals surface area contributed by atoms with E-state index in [-0.39, 0.29) is 0 Å². The molecule has 2 aliphatic heterocycles. The van der Waals surface area contributed by atoms with E-state index < -0.39 is 0 Å². The normalized spacial score (nSPS) is 14.3. The average Bonchev–Trinajstić information content (AvgIpc) is 3.37. The Bertz CT molecular complexity index is 1830. The van der Waals surface area contributed by atoms with Gasteiger partial charge in [0, 0.05) is 39.6 Å². The van der Waals surface area contributed by atoms with Crippen LogP contribution in [0.15, 0.2) is 86.7 Å². The number of fused-ring (bicyclic) bond motifs is 7. The molecule has 8 heteroatoms. The number of halogens is 2. The first-order valence-electron chi connectivity index (χ1n) is 12.9. The Morgan fingerprint density at radius 2 is 1.68 bits per heavy atom. The topological polar surface area (TPSA) is 41.0 Å². The van der Waals surface area contributed by atoms with Crippen LogP contribution >= 0.6 is 43.2 Å². The number of rotatable bonds is 5. The summed E-state index contributed by atoms with van der Waals surface area (Å²) in [6, 6.07) is 25.4. The van der Waals surface area contributed by atoms with Crippen LogP contribution < -0.4 is 14.5 Å². The van der Waals surface area contributed by atoms with Crippen molar-refractivity contribution in [2.45, 2.75) is 13.1 Å². The predicted molar refractivity (Wildman–Crippen MR) is 174 cm³/mol.